The first-order chi connectivity index (χ1) is 12.2. The van der Waals surface area contributed by atoms with Crippen LogP contribution in [-0.4, -0.2) is 48.8 Å². The summed E-state index contributed by atoms with van der Waals surface area (Å²) in [6.07, 6.45) is 0.275. The van der Waals surface area contributed by atoms with Gasteiger partial charge in [-0.15, -0.1) is 0 Å². The first-order valence-corrected chi connectivity index (χ1v) is 9.08. The number of ether oxygens (including phenoxy) is 2. The van der Waals surface area contributed by atoms with Crippen LogP contribution in [0.15, 0.2) is 30.3 Å². The Morgan fingerprint density at radius 2 is 1.88 bits per heavy atom. The summed E-state index contributed by atoms with van der Waals surface area (Å²) in [6, 6.07) is 10.1. The molecule has 26 heavy (non-hydrogen) atoms. The maximum atomic E-state index is 12.4. The molecule has 1 aliphatic heterocycles. The highest BCUT2D eigenvalue weighted by molar-refractivity contribution is 5.75. The van der Waals surface area contributed by atoms with Crippen LogP contribution >= 0.6 is 0 Å². The molecule has 1 heterocycles. The van der Waals surface area contributed by atoms with Crippen molar-refractivity contribution in [2.24, 2.45) is 5.92 Å². The average molecular weight is 362 g/mol. The minimum Gasteiger partial charge on any atom is -0.469 e. The lowest BCUT2D eigenvalue weighted by molar-refractivity contribution is -0.148. The highest BCUT2D eigenvalue weighted by Crippen LogP contribution is 2.24. The minimum atomic E-state index is -0.561. The molecule has 2 rings (SSSR count). The number of nitrogens with one attached hydrogen (secondary N) is 1. The lowest BCUT2D eigenvalue weighted by atomic mass is 9.91. The summed E-state index contributed by atoms with van der Waals surface area (Å²) in [7, 11) is 1.38. The third kappa shape index (κ3) is 5.46. The van der Waals surface area contributed by atoms with Gasteiger partial charge in [-0.3, -0.25) is 4.79 Å². The molecule has 0 saturated carbocycles. The van der Waals surface area contributed by atoms with E-state index in [-0.39, 0.29) is 24.1 Å². The Labute approximate surface area is 155 Å². The summed E-state index contributed by atoms with van der Waals surface area (Å²) in [5, 5.41) is 3.53. The summed E-state index contributed by atoms with van der Waals surface area (Å²) in [4.78, 5) is 26.3. The summed E-state index contributed by atoms with van der Waals surface area (Å²) < 4.78 is 10.4. The fourth-order valence-electron chi connectivity index (χ4n) is 3.19. The number of rotatable bonds is 4. The first kappa shape index (κ1) is 20.2. The van der Waals surface area contributed by atoms with Gasteiger partial charge in [0.2, 0.25) is 0 Å². The summed E-state index contributed by atoms with van der Waals surface area (Å²) in [6.45, 7) is 8.40. The minimum absolute atomic E-state index is 0.0589. The Hall–Kier alpha value is -2.08. The second kappa shape index (κ2) is 8.54. The molecule has 0 aliphatic carbocycles. The standard InChI is InChI=1S/C20H30N2O4/c1-14(15-9-7-6-8-10-15)21-17-11-12-22(13-16(17)18(23)25-5)19(24)26-20(2,3)4/h6-10,14,16-17,21H,11-13H2,1-5H3/t14-,16+,17-/m1/s1. The predicted molar refractivity (Wildman–Crippen MR) is 99.7 cm³/mol. The van der Waals surface area contributed by atoms with Crippen molar-refractivity contribution in [3.63, 3.8) is 0 Å². The van der Waals surface area contributed by atoms with Crippen molar-refractivity contribution in [2.75, 3.05) is 20.2 Å². The molecule has 0 radical (unpaired) electrons. The Morgan fingerprint density at radius 1 is 1.23 bits per heavy atom. The zero-order valence-electron chi connectivity index (χ0n) is 16.3. The van der Waals surface area contributed by atoms with E-state index in [2.05, 4.69) is 24.4 Å². The summed E-state index contributed by atoms with van der Waals surface area (Å²) in [5.74, 6) is -0.733. The number of amides is 1. The van der Waals surface area contributed by atoms with Crippen molar-refractivity contribution in [1.82, 2.24) is 10.2 Å². The summed E-state index contributed by atoms with van der Waals surface area (Å²) >= 11 is 0. The van der Waals surface area contributed by atoms with Crippen molar-refractivity contribution in [1.29, 1.82) is 0 Å². The number of piperidine rings is 1. The van der Waals surface area contributed by atoms with Gasteiger partial charge in [0.15, 0.2) is 0 Å². The molecular weight excluding hydrogens is 332 g/mol. The van der Waals surface area contributed by atoms with E-state index in [1.165, 1.54) is 7.11 Å². The van der Waals surface area contributed by atoms with E-state index in [0.29, 0.717) is 19.5 Å². The second-order valence-corrected chi connectivity index (χ2v) is 7.75. The molecule has 1 saturated heterocycles. The van der Waals surface area contributed by atoms with E-state index < -0.39 is 11.5 Å². The molecule has 144 valence electrons. The highest BCUT2D eigenvalue weighted by atomic mass is 16.6. The molecule has 0 spiro atoms. The Morgan fingerprint density at radius 3 is 2.46 bits per heavy atom. The van der Waals surface area contributed by atoms with Gasteiger partial charge < -0.3 is 19.7 Å². The number of benzene rings is 1. The van der Waals surface area contributed by atoms with Crippen LogP contribution in [0.3, 0.4) is 0 Å². The van der Waals surface area contributed by atoms with Crippen LogP contribution in [0.25, 0.3) is 0 Å². The topological polar surface area (TPSA) is 67.9 Å². The summed E-state index contributed by atoms with van der Waals surface area (Å²) in [5.41, 5.74) is 0.597. The van der Waals surface area contributed by atoms with Gasteiger partial charge in [-0.2, -0.15) is 0 Å². The van der Waals surface area contributed by atoms with Crippen LogP contribution in [0.2, 0.25) is 0 Å². The number of hydrogen-bond acceptors (Lipinski definition) is 5. The molecule has 1 fully saturated rings. The lowest BCUT2D eigenvalue weighted by Gasteiger charge is -2.39. The van der Waals surface area contributed by atoms with E-state index in [1.807, 2.05) is 39.0 Å². The monoisotopic (exact) mass is 362 g/mol. The molecule has 1 aromatic rings. The fourth-order valence-corrected chi connectivity index (χ4v) is 3.19. The van der Waals surface area contributed by atoms with E-state index in [9.17, 15) is 9.59 Å². The van der Waals surface area contributed by atoms with E-state index in [0.717, 1.165) is 5.56 Å². The quantitative estimate of drug-likeness (QED) is 0.834. The number of likely N-dealkylation sites (tertiary alicyclic amines) is 1. The van der Waals surface area contributed by atoms with E-state index in [4.69, 9.17) is 9.47 Å². The average Bonchev–Trinajstić information content (AvgIpc) is 2.60. The number of methoxy groups -OCH3 is 1. The van der Waals surface area contributed by atoms with Gasteiger partial charge >= 0.3 is 12.1 Å². The smallest absolute Gasteiger partial charge is 0.410 e. The largest absolute Gasteiger partial charge is 0.469 e. The van der Waals surface area contributed by atoms with Gasteiger partial charge in [-0.1, -0.05) is 30.3 Å². The second-order valence-electron chi connectivity index (χ2n) is 7.75. The Balaban J connectivity index is 2.06. The number of carbonyl (C=O) groups is 2. The SMILES string of the molecule is COC(=O)[C@H]1CN(C(=O)OC(C)(C)C)CC[C@H]1N[C@H](C)c1ccccc1. The third-order valence-corrected chi connectivity index (χ3v) is 4.53. The first-order valence-electron chi connectivity index (χ1n) is 9.08. The van der Waals surface area contributed by atoms with Crippen LogP contribution in [0.1, 0.15) is 45.7 Å². The van der Waals surface area contributed by atoms with Crippen LogP contribution in [0.5, 0.6) is 0 Å². The van der Waals surface area contributed by atoms with Gasteiger partial charge in [0, 0.05) is 25.2 Å². The normalized spacial score (nSPS) is 21.8. The van der Waals surface area contributed by atoms with Gasteiger partial charge in [0.1, 0.15) is 5.60 Å². The molecule has 6 heteroatoms. The molecular formula is C20H30N2O4. The zero-order chi connectivity index (χ0) is 19.3. The number of hydrogen-bond donors (Lipinski definition) is 1. The Bertz CT molecular complexity index is 612. The van der Waals surface area contributed by atoms with Crippen molar-refractivity contribution in [3.8, 4) is 0 Å². The number of nitrogens with zero attached hydrogens (tertiary/aromatic N) is 1. The molecule has 1 amide bonds. The van der Waals surface area contributed by atoms with Gasteiger partial charge in [-0.05, 0) is 39.7 Å². The highest BCUT2D eigenvalue weighted by Gasteiger charge is 2.38. The van der Waals surface area contributed by atoms with Crippen molar-refractivity contribution in [2.45, 2.75) is 51.8 Å². The molecule has 1 N–H and O–H groups in total. The Kier molecular flexibility index (Phi) is 6.64. The number of carbonyl (C=O) groups excluding carboxylic acids is 2. The van der Waals surface area contributed by atoms with Crippen molar-refractivity contribution < 1.29 is 19.1 Å². The van der Waals surface area contributed by atoms with Crippen LogP contribution in [-0.2, 0) is 14.3 Å². The molecule has 3 atom stereocenters. The molecule has 6 nitrogen and oxygen atoms in total. The van der Waals surface area contributed by atoms with Crippen molar-refractivity contribution in [3.05, 3.63) is 35.9 Å². The molecule has 1 aromatic carbocycles. The zero-order valence-corrected chi connectivity index (χ0v) is 16.3. The molecule has 1 aliphatic rings. The fraction of sp³-hybridized carbons (Fsp3) is 0.600. The van der Waals surface area contributed by atoms with Crippen LogP contribution in [0.4, 0.5) is 4.79 Å². The van der Waals surface area contributed by atoms with Gasteiger partial charge in [0.05, 0.1) is 13.0 Å². The predicted octanol–water partition coefficient (Wildman–Crippen LogP) is 3.14. The van der Waals surface area contributed by atoms with Crippen molar-refractivity contribution >= 4 is 12.1 Å². The maximum absolute atomic E-state index is 12.4. The molecule has 0 unspecified atom stereocenters. The van der Waals surface area contributed by atoms with Gasteiger partial charge in [0.25, 0.3) is 0 Å². The van der Waals surface area contributed by atoms with Crippen LogP contribution in [0, 0.1) is 5.92 Å². The van der Waals surface area contributed by atoms with Gasteiger partial charge in [-0.25, -0.2) is 4.79 Å². The van der Waals surface area contributed by atoms with E-state index >= 15 is 0 Å². The van der Waals surface area contributed by atoms with Crippen LogP contribution < -0.4 is 5.32 Å². The number of esters is 1. The lowest BCUT2D eigenvalue weighted by Crippen LogP contribution is -2.55. The van der Waals surface area contributed by atoms with E-state index in [1.54, 1.807) is 4.90 Å². The maximum Gasteiger partial charge on any atom is 0.410 e. The molecule has 0 bridgehead atoms. The molecule has 0 aromatic heterocycles. The third-order valence-electron chi connectivity index (χ3n) is 4.53.